The normalized spacial score (nSPS) is 10.6. The van der Waals surface area contributed by atoms with E-state index >= 15 is 0 Å². The number of anilines is 1. The van der Waals surface area contributed by atoms with Gasteiger partial charge in [0.2, 0.25) is 0 Å². The Bertz CT molecular complexity index is 747. The summed E-state index contributed by atoms with van der Waals surface area (Å²) in [5.74, 6) is 2.10. The molecule has 2 heterocycles. The molecule has 1 aromatic carbocycles. The molecule has 108 valence electrons. The van der Waals surface area contributed by atoms with Crippen LogP contribution in [0.15, 0.2) is 35.7 Å². The van der Waals surface area contributed by atoms with Crippen LogP contribution in [0.4, 0.5) is 5.82 Å². The molecular formula is C15H15N3O2S. The number of nitrogens with one attached hydrogen (secondary N) is 1. The zero-order valence-electron chi connectivity index (χ0n) is 11.7. The Morgan fingerprint density at radius 3 is 2.43 bits per heavy atom. The summed E-state index contributed by atoms with van der Waals surface area (Å²) < 4.78 is 10.4. The summed E-state index contributed by atoms with van der Waals surface area (Å²) in [5, 5.41) is 9.09. The summed E-state index contributed by atoms with van der Waals surface area (Å²) in [5.41, 5.74) is 8.80. The molecule has 21 heavy (non-hydrogen) atoms. The molecule has 0 radical (unpaired) electrons. The van der Waals surface area contributed by atoms with E-state index in [1.165, 1.54) is 0 Å². The fourth-order valence-corrected chi connectivity index (χ4v) is 3.00. The quantitative estimate of drug-likeness (QED) is 0.774. The SMILES string of the molecule is COc1ccc(-c2c(N)n[nH]c2-c2cc(OC)cs2)cc1. The molecule has 0 aliphatic heterocycles. The molecule has 0 bridgehead atoms. The van der Waals surface area contributed by atoms with Gasteiger partial charge in [-0.3, -0.25) is 5.10 Å². The van der Waals surface area contributed by atoms with Crippen LogP contribution in [-0.4, -0.2) is 24.4 Å². The molecule has 0 saturated carbocycles. The van der Waals surface area contributed by atoms with Gasteiger partial charge in [-0.15, -0.1) is 11.3 Å². The summed E-state index contributed by atoms with van der Waals surface area (Å²) in [6, 6.07) is 9.70. The summed E-state index contributed by atoms with van der Waals surface area (Å²) in [6.07, 6.45) is 0. The fraction of sp³-hybridized carbons (Fsp3) is 0.133. The van der Waals surface area contributed by atoms with Crippen LogP contribution in [0.1, 0.15) is 0 Å². The molecule has 5 nitrogen and oxygen atoms in total. The van der Waals surface area contributed by atoms with E-state index in [0.717, 1.165) is 33.2 Å². The van der Waals surface area contributed by atoms with E-state index in [2.05, 4.69) is 10.2 Å². The van der Waals surface area contributed by atoms with Crippen LogP contribution in [0.25, 0.3) is 21.7 Å². The molecule has 0 aliphatic rings. The van der Waals surface area contributed by atoms with Crippen molar-refractivity contribution in [2.75, 3.05) is 20.0 Å². The minimum Gasteiger partial charge on any atom is -0.497 e. The molecule has 0 amide bonds. The molecule has 0 aliphatic carbocycles. The van der Waals surface area contributed by atoms with Crippen LogP contribution >= 0.6 is 11.3 Å². The number of aromatic amines is 1. The number of nitrogen functional groups attached to an aromatic ring is 1. The van der Waals surface area contributed by atoms with E-state index in [0.29, 0.717) is 5.82 Å². The molecule has 3 N–H and O–H groups in total. The average molecular weight is 301 g/mol. The molecule has 0 atom stereocenters. The minimum atomic E-state index is 0.475. The first-order chi connectivity index (χ1) is 10.2. The van der Waals surface area contributed by atoms with Crippen LogP contribution in [0.2, 0.25) is 0 Å². The molecule has 2 aromatic heterocycles. The number of ether oxygens (including phenoxy) is 2. The van der Waals surface area contributed by atoms with Gasteiger partial charge in [-0.2, -0.15) is 5.10 Å². The number of thiophene rings is 1. The maximum absolute atomic E-state index is 6.02. The highest BCUT2D eigenvalue weighted by Crippen LogP contribution is 2.39. The van der Waals surface area contributed by atoms with Gasteiger partial charge in [0, 0.05) is 11.4 Å². The number of hydrogen-bond donors (Lipinski definition) is 2. The first kappa shape index (κ1) is 13.5. The van der Waals surface area contributed by atoms with Crippen molar-refractivity contribution in [3.8, 4) is 33.2 Å². The Hall–Kier alpha value is -2.47. The molecule has 0 unspecified atom stereocenters. The van der Waals surface area contributed by atoms with E-state index < -0.39 is 0 Å². The van der Waals surface area contributed by atoms with Crippen molar-refractivity contribution < 1.29 is 9.47 Å². The van der Waals surface area contributed by atoms with Crippen molar-refractivity contribution in [3.05, 3.63) is 35.7 Å². The van der Waals surface area contributed by atoms with E-state index in [-0.39, 0.29) is 0 Å². The number of hydrogen-bond acceptors (Lipinski definition) is 5. The lowest BCUT2D eigenvalue weighted by molar-refractivity contribution is 0.415. The van der Waals surface area contributed by atoms with Gasteiger partial charge in [-0.1, -0.05) is 12.1 Å². The number of methoxy groups -OCH3 is 2. The van der Waals surface area contributed by atoms with Gasteiger partial charge in [0.05, 0.1) is 30.4 Å². The second kappa shape index (κ2) is 5.49. The van der Waals surface area contributed by atoms with E-state index in [1.54, 1.807) is 25.6 Å². The van der Waals surface area contributed by atoms with Crippen LogP contribution in [0, 0.1) is 0 Å². The van der Waals surface area contributed by atoms with Gasteiger partial charge >= 0.3 is 0 Å². The predicted molar refractivity (Wildman–Crippen MR) is 84.9 cm³/mol. The summed E-state index contributed by atoms with van der Waals surface area (Å²) in [4.78, 5) is 1.03. The van der Waals surface area contributed by atoms with Crippen molar-refractivity contribution in [2.45, 2.75) is 0 Å². The number of aromatic nitrogens is 2. The highest BCUT2D eigenvalue weighted by atomic mass is 32.1. The predicted octanol–water partition coefficient (Wildman–Crippen LogP) is 3.40. The van der Waals surface area contributed by atoms with Crippen molar-refractivity contribution in [3.63, 3.8) is 0 Å². The van der Waals surface area contributed by atoms with Crippen molar-refractivity contribution >= 4 is 17.2 Å². The first-order valence-corrected chi connectivity index (χ1v) is 7.22. The van der Waals surface area contributed by atoms with Gasteiger partial charge < -0.3 is 15.2 Å². The molecule has 0 spiro atoms. The Kier molecular flexibility index (Phi) is 3.53. The second-order valence-corrected chi connectivity index (χ2v) is 5.35. The molecule has 3 aromatic rings. The van der Waals surface area contributed by atoms with Crippen molar-refractivity contribution in [1.82, 2.24) is 10.2 Å². The number of nitrogens with zero attached hydrogens (tertiary/aromatic N) is 1. The summed E-state index contributed by atoms with van der Waals surface area (Å²) in [6.45, 7) is 0. The third kappa shape index (κ3) is 2.45. The number of nitrogens with two attached hydrogens (primary N) is 1. The third-order valence-electron chi connectivity index (χ3n) is 3.23. The van der Waals surface area contributed by atoms with Crippen LogP contribution < -0.4 is 15.2 Å². The standard InChI is InChI=1S/C15H15N3O2S/c1-19-10-5-3-9(4-6-10)13-14(17-18-15(13)16)12-7-11(20-2)8-21-12/h3-8H,1-2H3,(H3,16,17,18). The molecule has 0 fully saturated rings. The molecular weight excluding hydrogens is 286 g/mol. The molecule has 6 heteroatoms. The van der Waals surface area contributed by atoms with Gasteiger partial charge in [0.1, 0.15) is 11.5 Å². The third-order valence-corrected chi connectivity index (χ3v) is 4.16. The van der Waals surface area contributed by atoms with Gasteiger partial charge in [-0.05, 0) is 17.7 Å². The lowest BCUT2D eigenvalue weighted by Crippen LogP contribution is -1.89. The minimum absolute atomic E-state index is 0.475. The van der Waals surface area contributed by atoms with Crippen LogP contribution in [0.3, 0.4) is 0 Å². The van der Waals surface area contributed by atoms with E-state index in [1.807, 2.05) is 35.7 Å². The zero-order valence-corrected chi connectivity index (χ0v) is 12.5. The first-order valence-electron chi connectivity index (χ1n) is 6.34. The monoisotopic (exact) mass is 301 g/mol. The Balaban J connectivity index is 2.07. The molecule has 0 saturated heterocycles. The zero-order chi connectivity index (χ0) is 14.8. The topological polar surface area (TPSA) is 73.2 Å². The maximum atomic E-state index is 6.02. The van der Waals surface area contributed by atoms with E-state index in [9.17, 15) is 0 Å². The van der Waals surface area contributed by atoms with Crippen molar-refractivity contribution in [2.24, 2.45) is 0 Å². The van der Waals surface area contributed by atoms with Gasteiger partial charge in [0.15, 0.2) is 5.82 Å². The Labute approximate surface area is 126 Å². The Morgan fingerprint density at radius 2 is 1.81 bits per heavy atom. The highest BCUT2D eigenvalue weighted by Gasteiger charge is 2.16. The Morgan fingerprint density at radius 1 is 1.10 bits per heavy atom. The number of benzene rings is 1. The largest absolute Gasteiger partial charge is 0.497 e. The average Bonchev–Trinajstić information content (AvgIpc) is 3.13. The lowest BCUT2D eigenvalue weighted by atomic mass is 10.0. The smallest absolute Gasteiger partial charge is 0.153 e. The van der Waals surface area contributed by atoms with Crippen molar-refractivity contribution in [1.29, 1.82) is 0 Å². The van der Waals surface area contributed by atoms with Gasteiger partial charge in [0.25, 0.3) is 0 Å². The summed E-state index contributed by atoms with van der Waals surface area (Å²) in [7, 11) is 3.29. The van der Waals surface area contributed by atoms with E-state index in [4.69, 9.17) is 15.2 Å². The fourth-order valence-electron chi connectivity index (χ4n) is 2.14. The van der Waals surface area contributed by atoms with Crippen LogP contribution in [0.5, 0.6) is 11.5 Å². The molecule has 3 rings (SSSR count). The number of H-pyrrole nitrogens is 1. The summed E-state index contributed by atoms with van der Waals surface area (Å²) >= 11 is 1.58. The lowest BCUT2D eigenvalue weighted by Gasteiger charge is -2.04. The highest BCUT2D eigenvalue weighted by molar-refractivity contribution is 7.13. The number of rotatable bonds is 4. The maximum Gasteiger partial charge on any atom is 0.153 e. The van der Waals surface area contributed by atoms with Gasteiger partial charge in [-0.25, -0.2) is 0 Å². The second-order valence-electron chi connectivity index (χ2n) is 4.44. The van der Waals surface area contributed by atoms with Crippen LogP contribution in [-0.2, 0) is 0 Å².